The quantitative estimate of drug-likeness (QED) is 0.106. The zero-order valence-electron chi connectivity index (χ0n) is 29.8. The Labute approximate surface area is 276 Å². The lowest BCUT2D eigenvalue weighted by atomic mass is 10.0. The Morgan fingerprint density at radius 1 is 0.804 bits per heavy atom. The number of unbranched alkanes of at least 4 members (excludes halogenated alkanes) is 1. The molecule has 46 heavy (non-hydrogen) atoms. The fourth-order valence-corrected chi connectivity index (χ4v) is 3.09. The van der Waals surface area contributed by atoms with Crippen LogP contribution in [0.5, 0.6) is 0 Å². The summed E-state index contributed by atoms with van der Waals surface area (Å²) in [4.78, 5) is 68.1. The van der Waals surface area contributed by atoms with Crippen LogP contribution in [0.4, 0.5) is 10.5 Å². The van der Waals surface area contributed by atoms with E-state index in [9.17, 15) is 28.8 Å². The summed E-state index contributed by atoms with van der Waals surface area (Å²) < 4.78 is 4.66. The van der Waals surface area contributed by atoms with E-state index >= 15 is 0 Å². The molecule has 0 fully saturated rings. The first-order valence-electron chi connectivity index (χ1n) is 16.3. The van der Waals surface area contributed by atoms with E-state index in [0.29, 0.717) is 44.5 Å². The highest BCUT2D eigenvalue weighted by molar-refractivity contribution is 5.96. The van der Waals surface area contributed by atoms with E-state index in [1.165, 1.54) is 0 Å². The molecule has 1 unspecified atom stereocenters. The van der Waals surface area contributed by atoms with Crippen molar-refractivity contribution in [3.8, 4) is 0 Å². The van der Waals surface area contributed by atoms with Gasteiger partial charge in [-0.2, -0.15) is 0 Å². The lowest BCUT2D eigenvalue weighted by Crippen LogP contribution is -2.51. The highest BCUT2D eigenvalue weighted by Crippen LogP contribution is 2.10. The first-order chi connectivity index (χ1) is 22.0. The van der Waals surface area contributed by atoms with E-state index in [-0.39, 0.29) is 37.3 Å². The predicted octanol–water partition coefficient (Wildman–Crippen LogP) is 4.39. The van der Waals surface area contributed by atoms with Gasteiger partial charge in [-0.15, -0.1) is 0 Å². The Morgan fingerprint density at radius 2 is 1.39 bits per heavy atom. The maximum Gasteiger partial charge on any atom is 0.312 e. The Hall–Kier alpha value is -4.16. The molecule has 1 aromatic carbocycles. The molecule has 13 nitrogen and oxygen atoms in total. The van der Waals surface area contributed by atoms with Gasteiger partial charge in [-0.3, -0.25) is 24.0 Å². The smallest absolute Gasteiger partial charge is 0.312 e. The summed E-state index contributed by atoms with van der Waals surface area (Å²) in [5.74, 6) is -1.30. The molecule has 0 saturated heterocycles. The molecule has 0 aromatic heterocycles. The molecule has 7 N–H and O–H groups in total. The van der Waals surface area contributed by atoms with Crippen molar-refractivity contribution in [2.24, 2.45) is 11.7 Å². The zero-order chi connectivity index (χ0) is 36.3. The average molecular weight is 655 g/mol. The van der Waals surface area contributed by atoms with Crippen molar-refractivity contribution < 1.29 is 33.5 Å². The Morgan fingerprint density at radius 3 is 1.85 bits per heavy atom. The van der Waals surface area contributed by atoms with Gasteiger partial charge in [-0.25, -0.2) is 4.79 Å². The number of carbonyl (C=O) groups is 6. The molecule has 6 amide bonds. The first-order valence-corrected chi connectivity index (χ1v) is 16.3. The number of carbonyl (C=O) groups excluding carboxylic acids is 6. The second-order valence-electron chi connectivity index (χ2n) is 9.11. The third-order valence-corrected chi connectivity index (χ3v) is 5.27. The van der Waals surface area contributed by atoms with E-state index in [0.717, 1.165) is 12.0 Å². The zero-order valence-corrected chi connectivity index (χ0v) is 29.8. The van der Waals surface area contributed by atoms with Gasteiger partial charge in [-0.05, 0) is 42.9 Å². The fourth-order valence-electron chi connectivity index (χ4n) is 3.09. The lowest BCUT2D eigenvalue weighted by Gasteiger charge is -2.21. The number of benzene rings is 1. The fraction of sp³-hybridized carbons (Fsp3) is 0.636. The summed E-state index contributed by atoms with van der Waals surface area (Å²) in [5.41, 5.74) is 6.04. The van der Waals surface area contributed by atoms with Crippen LogP contribution in [-0.2, 0) is 35.3 Å². The molecule has 266 valence electrons. The van der Waals surface area contributed by atoms with Gasteiger partial charge in [0.25, 0.3) is 6.47 Å². The minimum Gasteiger partial charge on any atom is -0.463 e. The van der Waals surface area contributed by atoms with Crippen molar-refractivity contribution >= 4 is 41.8 Å². The highest BCUT2D eigenvalue weighted by Gasteiger charge is 2.24. The number of nitrogens with two attached hydrogens (primary N) is 1. The maximum atomic E-state index is 12.5. The van der Waals surface area contributed by atoms with Gasteiger partial charge in [-0.1, -0.05) is 81.4 Å². The van der Waals surface area contributed by atoms with Crippen LogP contribution in [0.15, 0.2) is 24.3 Å². The molecule has 0 saturated carbocycles. The van der Waals surface area contributed by atoms with Crippen molar-refractivity contribution in [2.75, 3.05) is 25.0 Å². The molecule has 0 heterocycles. The van der Waals surface area contributed by atoms with Gasteiger partial charge < -0.3 is 37.1 Å². The molecule has 0 aliphatic heterocycles. The van der Waals surface area contributed by atoms with Crippen LogP contribution in [0.1, 0.15) is 107 Å². The Bertz CT molecular complexity index is 941. The van der Waals surface area contributed by atoms with Gasteiger partial charge >= 0.3 is 6.03 Å². The largest absolute Gasteiger partial charge is 0.463 e. The number of hydrogen-bond acceptors (Lipinski definition) is 7. The van der Waals surface area contributed by atoms with Crippen molar-refractivity contribution in [1.82, 2.24) is 21.3 Å². The molecule has 0 spiro atoms. The van der Waals surface area contributed by atoms with E-state index in [4.69, 9.17) is 5.73 Å². The molecule has 13 heteroatoms. The van der Waals surface area contributed by atoms with E-state index in [1.54, 1.807) is 45.0 Å². The summed E-state index contributed by atoms with van der Waals surface area (Å²) in [7, 11) is 0. The minimum absolute atomic E-state index is 0.0266. The van der Waals surface area contributed by atoms with Crippen LogP contribution >= 0.6 is 0 Å². The minimum atomic E-state index is -0.762. The highest BCUT2D eigenvalue weighted by atomic mass is 16.5. The van der Waals surface area contributed by atoms with Gasteiger partial charge in [0, 0.05) is 31.6 Å². The number of primary amides is 1. The van der Waals surface area contributed by atoms with Gasteiger partial charge in [0.15, 0.2) is 0 Å². The third kappa shape index (κ3) is 29.9. The maximum absolute atomic E-state index is 12.5. The second-order valence-corrected chi connectivity index (χ2v) is 9.11. The van der Waals surface area contributed by atoms with Crippen molar-refractivity contribution in [3.63, 3.8) is 0 Å². The second kappa shape index (κ2) is 35.3. The van der Waals surface area contributed by atoms with Crippen molar-refractivity contribution in [1.29, 1.82) is 0 Å². The Balaban J connectivity index is -0.000000580. The topological polar surface area (TPSA) is 198 Å². The lowest BCUT2D eigenvalue weighted by molar-refractivity contribution is -0.130. The molecule has 0 radical (unpaired) electrons. The molecule has 0 aliphatic rings. The van der Waals surface area contributed by atoms with Crippen LogP contribution in [0.25, 0.3) is 0 Å². The van der Waals surface area contributed by atoms with E-state index in [2.05, 4.69) is 31.3 Å². The number of amides is 6. The summed E-state index contributed by atoms with van der Waals surface area (Å²) in [6.45, 7) is 20.8. The number of anilines is 1. The van der Waals surface area contributed by atoms with Crippen LogP contribution < -0.4 is 32.3 Å². The summed E-state index contributed by atoms with van der Waals surface area (Å²) in [5, 5.41) is 13.1. The van der Waals surface area contributed by atoms with Gasteiger partial charge in [0.1, 0.15) is 12.6 Å². The van der Waals surface area contributed by atoms with E-state index < -0.39 is 23.9 Å². The summed E-state index contributed by atoms with van der Waals surface area (Å²) >= 11 is 0. The number of nitrogens with one attached hydrogen (secondary N) is 5. The SMILES string of the molecule is CC.CC.CC.CCC(=O)NCCCCC(=O)NC(C(=O)NCC(=O)Nc1ccc(COC=O)cc1)C(C)C.CCCNC(N)=O. The molecule has 0 bridgehead atoms. The van der Waals surface area contributed by atoms with Crippen molar-refractivity contribution in [3.05, 3.63) is 29.8 Å². The molecule has 1 rings (SSSR count). The summed E-state index contributed by atoms with van der Waals surface area (Å²) in [6, 6.07) is 5.53. The third-order valence-electron chi connectivity index (χ3n) is 5.27. The molecule has 1 atom stereocenters. The molecular formula is C33H62N6O7. The molecule has 0 aliphatic carbocycles. The molecule has 1 aromatic rings. The van der Waals surface area contributed by atoms with Crippen LogP contribution in [0.3, 0.4) is 0 Å². The van der Waals surface area contributed by atoms with Crippen LogP contribution in [0, 0.1) is 5.92 Å². The van der Waals surface area contributed by atoms with Gasteiger partial charge in [0.05, 0.1) is 6.54 Å². The number of hydrogen-bond donors (Lipinski definition) is 6. The number of rotatable bonds is 17. The monoisotopic (exact) mass is 654 g/mol. The van der Waals surface area contributed by atoms with Crippen molar-refractivity contribution in [2.45, 2.75) is 114 Å². The van der Waals surface area contributed by atoms with Gasteiger partial charge in [0.2, 0.25) is 23.6 Å². The molecular weight excluding hydrogens is 592 g/mol. The number of urea groups is 1. The number of ether oxygens (including phenoxy) is 1. The Kier molecular flexibility index (Phi) is 37.4. The van der Waals surface area contributed by atoms with E-state index in [1.807, 2.05) is 48.5 Å². The predicted molar refractivity (Wildman–Crippen MR) is 185 cm³/mol. The summed E-state index contributed by atoms with van der Waals surface area (Å²) in [6.07, 6.45) is 2.86. The first kappa shape index (κ1) is 48.7. The van der Waals surface area contributed by atoms with Crippen LogP contribution in [-0.4, -0.2) is 61.8 Å². The standard InChI is InChI=1S/C23H34N4O6.C4H10N2O.3C2H6/c1-4-19(29)24-12-6-5-7-20(30)27-22(16(2)3)23(32)25-13-21(31)26-18-10-8-17(9-11-18)14-33-15-28;1-2-3-6-4(5)7;3*1-2/h8-11,15-16,22H,4-7,12-14H2,1-3H3,(H,24,29)(H,25,32)(H,26,31)(H,27,30);2-3H2,1H3,(H3,5,6,7);3*1-2H3. The van der Waals surface area contributed by atoms with Crippen LogP contribution in [0.2, 0.25) is 0 Å². The average Bonchev–Trinajstić information content (AvgIpc) is 3.07. The normalized spacial score (nSPS) is 9.72.